The van der Waals surface area contributed by atoms with Gasteiger partial charge in [-0.05, 0) is 140 Å². The predicted molar refractivity (Wildman–Crippen MR) is 329 cm³/mol. The number of anilines is 5. The molecule has 1 aliphatic rings. The Morgan fingerprint density at radius 2 is 1.07 bits per heavy atom. The molecule has 18 heteroatoms. The quantitative estimate of drug-likeness (QED) is 0.0109. The lowest BCUT2D eigenvalue weighted by Gasteiger charge is -2.19. The van der Waals surface area contributed by atoms with E-state index < -0.39 is 29.2 Å². The molecule has 0 atom stereocenters. The van der Waals surface area contributed by atoms with Crippen LogP contribution in [0.4, 0.5) is 60.5 Å². The summed E-state index contributed by atoms with van der Waals surface area (Å²) < 4.78 is 85.0. The van der Waals surface area contributed by atoms with Crippen molar-refractivity contribution in [1.29, 1.82) is 0 Å². The number of hydrogen-bond acceptors (Lipinski definition) is 9. The molecule has 2 amide bonds. The molecule has 0 fully saturated rings. The van der Waals surface area contributed by atoms with Crippen LogP contribution in [0.3, 0.4) is 0 Å². The monoisotopic (exact) mass is 1160 g/mol. The highest BCUT2D eigenvalue weighted by molar-refractivity contribution is 6.13. The number of fused-ring (bicyclic) bond motifs is 2. The minimum Gasteiger partial charge on any atom is -0.398 e. The molecule has 0 radical (unpaired) electrons. The maximum atomic E-state index is 13.9. The van der Waals surface area contributed by atoms with Crippen molar-refractivity contribution < 1.29 is 40.5 Å². The van der Waals surface area contributed by atoms with Gasteiger partial charge in [-0.15, -0.1) is 4.57 Å². The fraction of sp³-hybridized carbons (Fsp3) is 0.239. The van der Waals surface area contributed by atoms with Crippen molar-refractivity contribution in [3.63, 3.8) is 0 Å². The largest absolute Gasteiger partial charge is 0.418 e. The number of aromatic nitrogens is 2. The summed E-state index contributed by atoms with van der Waals surface area (Å²) in [5, 5.41) is 16.2. The van der Waals surface area contributed by atoms with Gasteiger partial charge in [0.05, 0.1) is 33.9 Å². The molecule has 438 valence electrons. The second-order valence-corrected chi connectivity index (χ2v) is 21.1. The summed E-state index contributed by atoms with van der Waals surface area (Å²) in [6.45, 7) is 10.5. The molecule has 1 aromatic heterocycles. The average molecular weight is 1160 g/mol. The Bertz CT molecular complexity index is 3820. The first-order chi connectivity index (χ1) is 40.8. The van der Waals surface area contributed by atoms with Crippen LogP contribution in [0.5, 0.6) is 0 Å². The Morgan fingerprint density at radius 3 is 1.65 bits per heavy atom. The number of nitrogens with one attached hydrogen (secondary N) is 5. The van der Waals surface area contributed by atoms with E-state index in [-0.39, 0.29) is 28.7 Å². The number of hydrogen-bond donors (Lipinski definition) is 7. The van der Waals surface area contributed by atoms with Gasteiger partial charge in [0, 0.05) is 84.3 Å². The minimum atomic E-state index is -4.66. The van der Waals surface area contributed by atoms with Crippen LogP contribution in [-0.4, -0.2) is 48.7 Å². The number of carbonyl (C=O) groups excluding carboxylic acids is 2. The summed E-state index contributed by atoms with van der Waals surface area (Å²) in [6.07, 6.45) is 1.49. The molecular formula is C67H67F6N10O2+. The summed E-state index contributed by atoms with van der Waals surface area (Å²) in [4.78, 5) is 35.3. The Kier molecular flexibility index (Phi) is 19.0. The number of rotatable bonds is 23. The lowest BCUT2D eigenvalue weighted by molar-refractivity contribution is -0.538. The van der Waals surface area contributed by atoms with E-state index in [1.807, 2.05) is 109 Å². The highest BCUT2D eigenvalue weighted by Gasteiger charge is 2.36. The van der Waals surface area contributed by atoms with Gasteiger partial charge in [0.15, 0.2) is 0 Å². The summed E-state index contributed by atoms with van der Waals surface area (Å²) in [5.74, 6) is -0.304. The standard InChI is InChI=1S/C67H66F6N10O2/c1-42-35-57(81-58-37-51(66(68,69)70)53(74)39-59(58)80-49-18-10-8-11-19-49)44(3)34-55(42)76-30-14-4-6-16-32-78-64(84)47-26-22-45(23-27-47)46-24-28-48(29-25-46)65(85)79-33-17-7-5-15-31-77-56-41-63-60(36-43(56)2)82-61-38-52(67(71,72)73)54(75)40-62(61)83(63)50-20-12-9-13-21-50/h8-13,18-29,34-41,76,80H,3-7,14-17,30-33,74H2,1-2H3,(H4,75,77,78,79,84,85)/p+1. The van der Waals surface area contributed by atoms with E-state index >= 15 is 0 Å². The molecular weight excluding hydrogens is 1090 g/mol. The first-order valence-corrected chi connectivity index (χ1v) is 28.3. The van der Waals surface area contributed by atoms with Crippen molar-refractivity contribution in [2.24, 2.45) is 4.99 Å². The zero-order valence-corrected chi connectivity index (χ0v) is 47.3. The van der Waals surface area contributed by atoms with Crippen molar-refractivity contribution in [3.8, 4) is 16.8 Å². The molecule has 7 aromatic carbocycles. The maximum absolute atomic E-state index is 13.9. The molecule has 0 bridgehead atoms. The molecule has 9 N–H and O–H groups in total. The van der Waals surface area contributed by atoms with Gasteiger partial charge < -0.3 is 38.1 Å². The number of carbonyl (C=O) groups is 2. The maximum Gasteiger partial charge on any atom is 0.418 e. The van der Waals surface area contributed by atoms with Crippen molar-refractivity contribution >= 4 is 73.7 Å². The van der Waals surface area contributed by atoms with Crippen molar-refractivity contribution in [2.75, 3.05) is 48.3 Å². The van der Waals surface area contributed by atoms with Crippen LogP contribution < -0.4 is 42.6 Å². The number of para-hydroxylation sites is 2. The Labute approximate surface area is 489 Å². The number of halogens is 6. The molecule has 0 saturated heterocycles. The molecule has 0 unspecified atom stereocenters. The topological polar surface area (TPSA) is 175 Å². The van der Waals surface area contributed by atoms with Crippen molar-refractivity contribution in [3.05, 3.63) is 209 Å². The van der Waals surface area contributed by atoms with Gasteiger partial charge in [-0.2, -0.15) is 26.3 Å². The summed E-state index contributed by atoms with van der Waals surface area (Å²) >= 11 is 0. The lowest BCUT2D eigenvalue weighted by Crippen LogP contribution is -2.33. The van der Waals surface area contributed by atoms with Crippen LogP contribution in [0.2, 0.25) is 0 Å². The summed E-state index contributed by atoms with van der Waals surface area (Å²) in [5.41, 5.74) is 20.4. The zero-order valence-electron chi connectivity index (χ0n) is 47.3. The van der Waals surface area contributed by atoms with Crippen LogP contribution >= 0.6 is 0 Å². The van der Waals surface area contributed by atoms with Gasteiger partial charge in [-0.3, -0.25) is 9.59 Å². The van der Waals surface area contributed by atoms with Crippen molar-refractivity contribution in [1.82, 2.24) is 20.9 Å². The van der Waals surface area contributed by atoms with E-state index in [9.17, 15) is 35.9 Å². The number of nitrogen functional groups attached to an aromatic ring is 2. The Balaban J connectivity index is 0.658. The number of nitrogens with two attached hydrogens (primary N) is 2. The lowest BCUT2D eigenvalue weighted by atomic mass is 9.98. The number of aryl methyl sites for hydroxylation is 1. The Morgan fingerprint density at radius 1 is 0.565 bits per heavy atom. The molecule has 0 spiro atoms. The first-order valence-electron chi connectivity index (χ1n) is 28.3. The SMILES string of the molecule is C=C1C=C(NCCCCCCNC(=O)c2ccc(-c3ccc(C(=O)NCCCCCCNc4cc5c(cc4C)nc4cc(C(F)(F)F)c(N)cc4[n+]5-c4ccccc4)cc3)cc2)C(C)=CC1=Nc1cc(C(F)(F)F)c(N)cc1Nc1ccccc1. The molecule has 0 saturated carbocycles. The average Bonchev–Trinajstić information content (AvgIpc) is 1.08. The number of allylic oxidation sites excluding steroid dienone is 4. The normalized spacial score (nSPS) is 13.2. The van der Waals surface area contributed by atoms with E-state index in [0.717, 1.165) is 108 Å². The second-order valence-electron chi connectivity index (χ2n) is 21.1. The third kappa shape index (κ3) is 15.2. The fourth-order valence-electron chi connectivity index (χ4n) is 10.1. The van der Waals surface area contributed by atoms with E-state index in [0.29, 0.717) is 71.0 Å². The molecule has 1 aliphatic carbocycles. The summed E-state index contributed by atoms with van der Waals surface area (Å²) in [7, 11) is 0. The number of unbranched alkanes of at least 4 members (excludes halogenated alkanes) is 6. The van der Waals surface area contributed by atoms with Crippen LogP contribution in [0.25, 0.3) is 38.9 Å². The van der Waals surface area contributed by atoms with Gasteiger partial charge >= 0.3 is 12.4 Å². The third-order valence-electron chi connectivity index (χ3n) is 14.7. The van der Waals surface area contributed by atoms with Gasteiger partial charge in [0.2, 0.25) is 16.7 Å². The molecule has 12 nitrogen and oxygen atoms in total. The predicted octanol–water partition coefficient (Wildman–Crippen LogP) is 15.0. The van der Waals surface area contributed by atoms with Crippen LogP contribution in [-0.2, 0) is 12.4 Å². The van der Waals surface area contributed by atoms with Gasteiger partial charge in [0.1, 0.15) is 11.0 Å². The molecule has 8 aromatic rings. The third-order valence-corrected chi connectivity index (χ3v) is 14.7. The van der Waals surface area contributed by atoms with Crippen molar-refractivity contribution in [2.45, 2.75) is 77.6 Å². The van der Waals surface area contributed by atoms with Gasteiger partial charge in [-0.25, -0.2) is 9.98 Å². The fourth-order valence-corrected chi connectivity index (χ4v) is 10.1. The van der Waals surface area contributed by atoms with Crippen LogP contribution in [0.1, 0.15) is 95.7 Å². The first kappa shape index (κ1) is 60.2. The Hall–Kier alpha value is -9.45. The summed E-state index contributed by atoms with van der Waals surface area (Å²) in [6, 6.07) is 41.6. The van der Waals surface area contributed by atoms with Crippen LogP contribution in [0.15, 0.2) is 186 Å². The van der Waals surface area contributed by atoms with Gasteiger partial charge in [-0.1, -0.05) is 92.9 Å². The van der Waals surface area contributed by atoms with E-state index in [2.05, 4.69) is 43.1 Å². The molecule has 1 heterocycles. The highest BCUT2D eigenvalue weighted by atomic mass is 19.4. The highest BCUT2D eigenvalue weighted by Crippen LogP contribution is 2.42. The minimum absolute atomic E-state index is 0.0798. The number of alkyl halides is 6. The number of nitrogens with zero attached hydrogens (tertiary/aromatic N) is 3. The van der Waals surface area contributed by atoms with E-state index in [1.54, 1.807) is 42.5 Å². The van der Waals surface area contributed by atoms with Gasteiger partial charge in [0.25, 0.3) is 11.8 Å². The molecule has 85 heavy (non-hydrogen) atoms. The zero-order chi connectivity index (χ0) is 60.3. The molecule has 0 aliphatic heterocycles. The number of amides is 2. The number of benzene rings is 7. The second kappa shape index (κ2) is 26.9. The molecule has 9 rings (SSSR count). The van der Waals surface area contributed by atoms with E-state index in [4.69, 9.17) is 11.5 Å². The number of aliphatic imine (C=N–C) groups is 1. The van der Waals surface area contributed by atoms with E-state index in [1.165, 1.54) is 12.1 Å². The smallest absolute Gasteiger partial charge is 0.398 e. The van der Waals surface area contributed by atoms with Crippen LogP contribution in [0, 0.1) is 6.92 Å².